The zero-order valence-corrected chi connectivity index (χ0v) is 10.5. The van der Waals surface area contributed by atoms with Gasteiger partial charge in [-0.05, 0) is 30.0 Å². The largest absolute Gasteiger partial charge is 0.395 e. The molecule has 0 amide bonds. The molecule has 0 spiro atoms. The number of aliphatic hydroxyl groups excluding tert-OH is 1. The number of rotatable bonds is 6. The summed E-state index contributed by atoms with van der Waals surface area (Å²) < 4.78 is 38.7. The molecule has 0 saturated heterocycles. The quantitative estimate of drug-likeness (QED) is 0.771. The molecule has 1 rings (SSSR count). The molecule has 0 bridgehead atoms. The maximum Gasteiger partial charge on any atom is 0.194 e. The van der Waals surface area contributed by atoms with E-state index in [9.17, 15) is 13.2 Å². The Morgan fingerprint density at radius 2 is 1.72 bits per heavy atom. The van der Waals surface area contributed by atoms with Crippen molar-refractivity contribution in [3.63, 3.8) is 0 Å². The van der Waals surface area contributed by atoms with E-state index in [1.165, 1.54) is 0 Å². The summed E-state index contributed by atoms with van der Waals surface area (Å²) in [6, 6.07) is 1.77. The molecule has 1 aromatic rings. The van der Waals surface area contributed by atoms with Crippen LogP contribution in [0.25, 0.3) is 0 Å². The van der Waals surface area contributed by atoms with Crippen molar-refractivity contribution < 1.29 is 18.3 Å². The van der Waals surface area contributed by atoms with Gasteiger partial charge in [0.25, 0.3) is 0 Å². The highest BCUT2D eigenvalue weighted by Crippen LogP contribution is 2.14. The molecule has 2 nitrogen and oxygen atoms in total. The van der Waals surface area contributed by atoms with Gasteiger partial charge in [-0.1, -0.05) is 13.8 Å². The van der Waals surface area contributed by atoms with E-state index < -0.39 is 17.5 Å². The first kappa shape index (κ1) is 15.0. The van der Waals surface area contributed by atoms with E-state index in [2.05, 4.69) is 5.32 Å². The summed E-state index contributed by atoms with van der Waals surface area (Å²) in [5, 5.41) is 12.1. The van der Waals surface area contributed by atoms with E-state index in [-0.39, 0.29) is 19.2 Å². The fourth-order valence-corrected chi connectivity index (χ4v) is 1.76. The lowest BCUT2D eigenvalue weighted by molar-refractivity contribution is 0.223. The fraction of sp³-hybridized carbons (Fsp3) is 0.538. The maximum absolute atomic E-state index is 13.0. The Hall–Kier alpha value is -1.07. The second-order valence-electron chi connectivity index (χ2n) is 4.76. The Balaban J connectivity index is 2.62. The molecule has 2 N–H and O–H groups in total. The first-order chi connectivity index (χ1) is 8.43. The number of nitrogens with one attached hydrogen (secondary N) is 1. The first-order valence-electron chi connectivity index (χ1n) is 5.91. The van der Waals surface area contributed by atoms with Gasteiger partial charge in [0.1, 0.15) is 0 Å². The van der Waals surface area contributed by atoms with Crippen LogP contribution in [0.15, 0.2) is 12.1 Å². The monoisotopic (exact) mass is 261 g/mol. The van der Waals surface area contributed by atoms with Crippen molar-refractivity contribution >= 4 is 0 Å². The SMILES string of the molecule is CC(C)CC(CO)NCc1cc(F)c(F)c(F)c1. The van der Waals surface area contributed by atoms with Gasteiger partial charge in [0.2, 0.25) is 0 Å². The third kappa shape index (κ3) is 4.31. The molecule has 0 aliphatic heterocycles. The van der Waals surface area contributed by atoms with Crippen LogP contribution in [0.2, 0.25) is 0 Å². The number of aliphatic hydroxyl groups is 1. The second kappa shape index (κ2) is 6.75. The van der Waals surface area contributed by atoms with Crippen LogP contribution in [-0.4, -0.2) is 17.8 Å². The molecule has 0 aromatic heterocycles. The van der Waals surface area contributed by atoms with Gasteiger partial charge in [-0.2, -0.15) is 0 Å². The second-order valence-corrected chi connectivity index (χ2v) is 4.76. The van der Waals surface area contributed by atoms with Gasteiger partial charge in [0, 0.05) is 12.6 Å². The molecule has 0 aliphatic rings. The summed E-state index contributed by atoms with van der Waals surface area (Å²) in [6.45, 7) is 4.17. The van der Waals surface area contributed by atoms with Gasteiger partial charge >= 0.3 is 0 Å². The van der Waals surface area contributed by atoms with Gasteiger partial charge in [-0.15, -0.1) is 0 Å². The molecule has 1 atom stereocenters. The molecular weight excluding hydrogens is 243 g/mol. The Bertz CT molecular complexity index is 373. The highest BCUT2D eigenvalue weighted by molar-refractivity contribution is 5.19. The Kier molecular flexibility index (Phi) is 5.62. The molecule has 1 aromatic carbocycles. The van der Waals surface area contributed by atoms with Crippen molar-refractivity contribution in [1.29, 1.82) is 0 Å². The topological polar surface area (TPSA) is 32.3 Å². The summed E-state index contributed by atoms with van der Waals surface area (Å²) in [4.78, 5) is 0. The Labute approximate surface area is 105 Å². The molecule has 0 heterocycles. The van der Waals surface area contributed by atoms with Crippen molar-refractivity contribution in [3.8, 4) is 0 Å². The third-order valence-corrected chi connectivity index (χ3v) is 2.61. The van der Waals surface area contributed by atoms with Crippen molar-refractivity contribution in [2.24, 2.45) is 5.92 Å². The molecular formula is C13H18F3NO. The minimum absolute atomic E-state index is 0.0513. The van der Waals surface area contributed by atoms with Crippen molar-refractivity contribution in [3.05, 3.63) is 35.1 Å². The van der Waals surface area contributed by atoms with Gasteiger partial charge in [0.05, 0.1) is 6.61 Å². The van der Waals surface area contributed by atoms with Crippen LogP contribution in [0.4, 0.5) is 13.2 Å². The molecule has 0 fully saturated rings. The zero-order valence-electron chi connectivity index (χ0n) is 10.5. The molecule has 0 radical (unpaired) electrons. The Morgan fingerprint density at radius 3 is 2.17 bits per heavy atom. The summed E-state index contributed by atoms with van der Waals surface area (Å²) in [7, 11) is 0. The lowest BCUT2D eigenvalue weighted by atomic mass is 10.0. The minimum Gasteiger partial charge on any atom is -0.395 e. The van der Waals surface area contributed by atoms with Crippen LogP contribution in [-0.2, 0) is 6.54 Å². The summed E-state index contributed by atoms with van der Waals surface area (Å²) in [5.41, 5.74) is 0.314. The fourth-order valence-electron chi connectivity index (χ4n) is 1.76. The van der Waals surface area contributed by atoms with Crippen molar-refractivity contribution in [1.82, 2.24) is 5.32 Å². The third-order valence-electron chi connectivity index (χ3n) is 2.61. The number of benzene rings is 1. The molecule has 1 unspecified atom stereocenters. The molecule has 0 aliphatic carbocycles. The highest BCUT2D eigenvalue weighted by Gasteiger charge is 2.12. The summed E-state index contributed by atoms with van der Waals surface area (Å²) in [5.74, 6) is -3.46. The first-order valence-corrected chi connectivity index (χ1v) is 5.91. The van der Waals surface area contributed by atoms with Crippen LogP contribution in [0, 0.1) is 23.4 Å². The number of hydrogen-bond acceptors (Lipinski definition) is 2. The molecule has 102 valence electrons. The average molecular weight is 261 g/mol. The van der Waals surface area contributed by atoms with E-state index >= 15 is 0 Å². The number of halogens is 3. The van der Waals surface area contributed by atoms with Gasteiger partial charge < -0.3 is 10.4 Å². The minimum atomic E-state index is -1.46. The molecule has 5 heteroatoms. The van der Waals surface area contributed by atoms with Gasteiger partial charge in [-0.25, -0.2) is 13.2 Å². The highest BCUT2D eigenvalue weighted by atomic mass is 19.2. The average Bonchev–Trinajstić information content (AvgIpc) is 2.30. The summed E-state index contributed by atoms with van der Waals surface area (Å²) in [6.07, 6.45) is 0.753. The smallest absolute Gasteiger partial charge is 0.194 e. The molecule has 18 heavy (non-hydrogen) atoms. The van der Waals surface area contributed by atoms with E-state index in [4.69, 9.17) is 5.11 Å². The lowest BCUT2D eigenvalue weighted by Crippen LogP contribution is -2.33. The van der Waals surface area contributed by atoms with Crippen LogP contribution >= 0.6 is 0 Å². The lowest BCUT2D eigenvalue weighted by Gasteiger charge is -2.18. The predicted octanol–water partition coefficient (Wildman–Crippen LogP) is 2.60. The Morgan fingerprint density at radius 1 is 1.17 bits per heavy atom. The zero-order chi connectivity index (χ0) is 13.7. The van der Waals surface area contributed by atoms with Crippen LogP contribution in [0.1, 0.15) is 25.8 Å². The van der Waals surface area contributed by atoms with E-state index in [1.807, 2.05) is 13.8 Å². The van der Waals surface area contributed by atoms with Crippen molar-refractivity contribution in [2.45, 2.75) is 32.9 Å². The van der Waals surface area contributed by atoms with E-state index in [0.29, 0.717) is 11.5 Å². The van der Waals surface area contributed by atoms with E-state index in [1.54, 1.807) is 0 Å². The maximum atomic E-state index is 13.0. The van der Waals surface area contributed by atoms with Crippen molar-refractivity contribution in [2.75, 3.05) is 6.61 Å². The van der Waals surface area contributed by atoms with Gasteiger partial charge in [0.15, 0.2) is 17.5 Å². The standard InChI is InChI=1S/C13H18F3NO/c1-8(2)3-10(7-18)17-6-9-4-11(14)13(16)12(15)5-9/h4-5,8,10,17-18H,3,6-7H2,1-2H3. The number of hydrogen-bond donors (Lipinski definition) is 2. The van der Waals surface area contributed by atoms with E-state index in [0.717, 1.165) is 18.6 Å². The van der Waals surface area contributed by atoms with Gasteiger partial charge in [-0.3, -0.25) is 0 Å². The van der Waals surface area contributed by atoms with Crippen LogP contribution in [0.3, 0.4) is 0 Å². The van der Waals surface area contributed by atoms with Crippen LogP contribution < -0.4 is 5.32 Å². The molecule has 0 saturated carbocycles. The predicted molar refractivity (Wildman–Crippen MR) is 63.5 cm³/mol. The van der Waals surface area contributed by atoms with Crippen LogP contribution in [0.5, 0.6) is 0 Å². The normalized spacial score (nSPS) is 13.1. The summed E-state index contributed by atoms with van der Waals surface area (Å²) >= 11 is 0.